The molecule has 20 heavy (non-hydrogen) atoms. The molecule has 1 saturated heterocycles. The van der Waals surface area contributed by atoms with Crippen molar-refractivity contribution in [3.63, 3.8) is 0 Å². The van der Waals surface area contributed by atoms with Crippen LogP contribution in [0.25, 0.3) is 0 Å². The number of carbonyl (C=O) groups excluding carboxylic acids is 2. The molecular formula is C15H13BrO4. The van der Waals surface area contributed by atoms with Crippen LogP contribution in [0.1, 0.15) is 18.4 Å². The summed E-state index contributed by atoms with van der Waals surface area (Å²) in [5.41, 5.74) is -0.980. The van der Waals surface area contributed by atoms with Crippen LogP contribution >= 0.6 is 15.9 Å². The van der Waals surface area contributed by atoms with Crippen LogP contribution < -0.4 is 0 Å². The van der Waals surface area contributed by atoms with E-state index in [0.29, 0.717) is 0 Å². The Balaban J connectivity index is 2.11. The number of ether oxygens (including phenoxy) is 1. The van der Waals surface area contributed by atoms with E-state index in [4.69, 9.17) is 4.74 Å². The lowest BCUT2D eigenvalue weighted by molar-refractivity contribution is -0.189. The van der Waals surface area contributed by atoms with Crippen LogP contribution in [-0.2, 0) is 14.3 Å². The Hall–Kier alpha value is -1.46. The minimum atomic E-state index is -1.85. The Morgan fingerprint density at radius 2 is 2.00 bits per heavy atom. The van der Waals surface area contributed by atoms with Crippen molar-refractivity contribution >= 4 is 27.7 Å². The predicted octanol–water partition coefficient (Wildman–Crippen LogP) is 1.96. The third-order valence-electron chi connectivity index (χ3n) is 3.99. The molecule has 0 radical (unpaired) electrons. The van der Waals surface area contributed by atoms with Crippen LogP contribution in [0.2, 0.25) is 0 Å². The fourth-order valence-corrected chi connectivity index (χ4v) is 3.35. The molecule has 1 fully saturated rings. The van der Waals surface area contributed by atoms with E-state index in [9.17, 15) is 14.7 Å². The van der Waals surface area contributed by atoms with Gasteiger partial charge in [-0.1, -0.05) is 28.1 Å². The molecule has 1 N–H and O–H groups in total. The number of hydrogen-bond donors (Lipinski definition) is 1. The van der Waals surface area contributed by atoms with E-state index < -0.39 is 23.6 Å². The van der Waals surface area contributed by atoms with Gasteiger partial charge in [0.15, 0.2) is 5.60 Å². The first kappa shape index (κ1) is 13.5. The number of hydrogen-bond acceptors (Lipinski definition) is 4. The molecule has 0 saturated carbocycles. The molecule has 4 atom stereocenters. The molecule has 4 nitrogen and oxygen atoms in total. The molecule has 0 unspecified atom stereocenters. The highest BCUT2D eigenvalue weighted by Gasteiger charge is 2.59. The van der Waals surface area contributed by atoms with Crippen LogP contribution in [0.15, 0.2) is 40.9 Å². The highest BCUT2D eigenvalue weighted by atomic mass is 79.9. The van der Waals surface area contributed by atoms with Gasteiger partial charge in [0.25, 0.3) is 0 Å². The number of halogens is 1. The number of Topliss-reactive ketones (excluding diaryl/α,β-unsaturated/α-hetero) is 1. The first-order valence-electron chi connectivity index (χ1n) is 6.32. The van der Waals surface area contributed by atoms with Crippen molar-refractivity contribution in [2.24, 2.45) is 5.92 Å². The summed E-state index contributed by atoms with van der Waals surface area (Å²) in [5, 5.41) is 10.5. The molecular weight excluding hydrogens is 324 g/mol. The third kappa shape index (κ3) is 1.84. The predicted molar refractivity (Wildman–Crippen MR) is 75.0 cm³/mol. The van der Waals surface area contributed by atoms with Gasteiger partial charge in [0, 0.05) is 10.4 Å². The highest BCUT2D eigenvalue weighted by molar-refractivity contribution is 9.10. The Kier molecular flexibility index (Phi) is 3.06. The molecule has 4 rings (SSSR count). The van der Waals surface area contributed by atoms with Gasteiger partial charge in [-0.25, -0.2) is 4.79 Å². The van der Waals surface area contributed by atoms with Crippen LogP contribution in [0.5, 0.6) is 0 Å². The molecule has 2 bridgehead atoms. The number of fused-ring (bicyclic) bond motifs is 2. The fourth-order valence-electron chi connectivity index (χ4n) is 3.08. The van der Waals surface area contributed by atoms with E-state index in [0.717, 1.165) is 10.0 Å². The average molecular weight is 337 g/mol. The molecule has 1 aliphatic carbocycles. The Labute approximate surface area is 124 Å². The molecule has 2 aliphatic heterocycles. The SMILES string of the molecule is CC(=O)[C@@H]1[C@@H](c2ccc(Br)cc2)[C@H]2C=C[C@]1(O)C(=O)O2. The summed E-state index contributed by atoms with van der Waals surface area (Å²) in [5.74, 6) is -2.11. The van der Waals surface area contributed by atoms with Gasteiger partial charge in [0.05, 0.1) is 5.92 Å². The first-order chi connectivity index (χ1) is 9.43. The number of ketones is 1. The summed E-state index contributed by atoms with van der Waals surface area (Å²) >= 11 is 3.36. The van der Waals surface area contributed by atoms with Gasteiger partial charge >= 0.3 is 5.97 Å². The van der Waals surface area contributed by atoms with Crippen molar-refractivity contribution in [3.05, 3.63) is 46.5 Å². The summed E-state index contributed by atoms with van der Waals surface area (Å²) in [7, 11) is 0. The maximum Gasteiger partial charge on any atom is 0.343 e. The van der Waals surface area contributed by atoms with E-state index in [-0.39, 0.29) is 11.7 Å². The summed E-state index contributed by atoms with van der Waals surface area (Å²) < 4.78 is 6.15. The van der Waals surface area contributed by atoms with Gasteiger partial charge in [-0.2, -0.15) is 0 Å². The summed E-state index contributed by atoms with van der Waals surface area (Å²) in [6.45, 7) is 1.40. The van der Waals surface area contributed by atoms with Gasteiger partial charge < -0.3 is 9.84 Å². The zero-order chi connectivity index (χ0) is 14.5. The molecule has 3 aliphatic rings. The van der Waals surface area contributed by atoms with Crippen molar-refractivity contribution in [1.82, 2.24) is 0 Å². The second kappa shape index (κ2) is 4.53. The maximum atomic E-state index is 12.0. The maximum absolute atomic E-state index is 12.0. The molecule has 104 valence electrons. The largest absolute Gasteiger partial charge is 0.455 e. The zero-order valence-corrected chi connectivity index (χ0v) is 12.3. The summed E-state index contributed by atoms with van der Waals surface area (Å²) in [6, 6.07) is 7.47. The minimum Gasteiger partial charge on any atom is -0.455 e. The van der Waals surface area contributed by atoms with Gasteiger partial charge in [-0.05, 0) is 36.8 Å². The normalized spacial score (nSPS) is 35.0. The standard InChI is InChI=1S/C15H13BrO4/c1-8(17)13-12(9-2-4-10(16)5-3-9)11-6-7-15(13,19)14(18)20-11/h2-7,11-13,19H,1H3/t11-,12+,13-,15-/m1/s1. The van der Waals surface area contributed by atoms with Gasteiger partial charge in [-0.3, -0.25) is 4.79 Å². The topological polar surface area (TPSA) is 63.6 Å². The monoisotopic (exact) mass is 336 g/mol. The minimum absolute atomic E-state index is 0.216. The smallest absolute Gasteiger partial charge is 0.343 e. The average Bonchev–Trinajstić information content (AvgIpc) is 2.40. The molecule has 1 aromatic rings. The van der Waals surface area contributed by atoms with Crippen molar-refractivity contribution in [2.45, 2.75) is 24.5 Å². The Morgan fingerprint density at radius 3 is 2.55 bits per heavy atom. The number of aliphatic hydroxyl groups is 1. The summed E-state index contributed by atoms with van der Waals surface area (Å²) in [6.07, 6.45) is 2.55. The Bertz CT molecular complexity index is 607. The van der Waals surface area contributed by atoms with Crippen LogP contribution in [0.3, 0.4) is 0 Å². The van der Waals surface area contributed by atoms with E-state index in [1.54, 1.807) is 6.08 Å². The molecule has 1 aromatic carbocycles. The van der Waals surface area contributed by atoms with E-state index in [1.807, 2.05) is 24.3 Å². The molecule has 5 heteroatoms. The molecule has 2 heterocycles. The quantitative estimate of drug-likeness (QED) is 0.662. The summed E-state index contributed by atoms with van der Waals surface area (Å²) in [4.78, 5) is 23.8. The number of esters is 1. The third-order valence-corrected chi connectivity index (χ3v) is 4.52. The van der Waals surface area contributed by atoms with Gasteiger partial charge in [0.2, 0.25) is 0 Å². The molecule has 0 amide bonds. The van der Waals surface area contributed by atoms with E-state index in [2.05, 4.69) is 15.9 Å². The number of benzene rings is 1. The second-order valence-corrected chi connectivity index (χ2v) is 6.14. The van der Waals surface area contributed by atoms with Gasteiger partial charge in [-0.15, -0.1) is 0 Å². The van der Waals surface area contributed by atoms with Gasteiger partial charge in [0.1, 0.15) is 11.9 Å². The number of carbonyl (C=O) groups is 2. The fraction of sp³-hybridized carbons (Fsp3) is 0.333. The van der Waals surface area contributed by atoms with Crippen LogP contribution in [-0.4, -0.2) is 28.6 Å². The lowest BCUT2D eigenvalue weighted by atomic mass is 9.65. The van der Waals surface area contributed by atoms with Crippen molar-refractivity contribution in [1.29, 1.82) is 0 Å². The Morgan fingerprint density at radius 1 is 1.35 bits per heavy atom. The van der Waals surface area contributed by atoms with E-state index in [1.165, 1.54) is 13.0 Å². The van der Waals surface area contributed by atoms with Crippen molar-refractivity contribution < 1.29 is 19.4 Å². The van der Waals surface area contributed by atoms with Crippen molar-refractivity contribution in [3.8, 4) is 0 Å². The van der Waals surface area contributed by atoms with E-state index >= 15 is 0 Å². The van der Waals surface area contributed by atoms with Crippen LogP contribution in [0.4, 0.5) is 0 Å². The second-order valence-electron chi connectivity index (χ2n) is 5.22. The molecule has 0 spiro atoms. The molecule has 0 aromatic heterocycles. The highest BCUT2D eigenvalue weighted by Crippen LogP contribution is 2.47. The lowest BCUT2D eigenvalue weighted by Crippen LogP contribution is -2.60. The zero-order valence-electron chi connectivity index (χ0n) is 10.7. The van der Waals surface area contributed by atoms with Crippen LogP contribution in [0, 0.1) is 5.92 Å². The number of rotatable bonds is 2. The van der Waals surface area contributed by atoms with Crippen molar-refractivity contribution in [2.75, 3.05) is 0 Å². The lowest BCUT2D eigenvalue weighted by Gasteiger charge is -2.47. The first-order valence-corrected chi connectivity index (χ1v) is 7.11.